The SMILES string of the molecule is O=C(N1CCC(n2c(-c3ccccn3)nc3cc(F)ccc32)CC1)C1(F)CCN(Cc2ccco2)CC1. The lowest BCUT2D eigenvalue weighted by atomic mass is 9.90. The predicted molar refractivity (Wildman–Crippen MR) is 135 cm³/mol. The van der Waals surface area contributed by atoms with E-state index in [9.17, 15) is 9.18 Å². The molecule has 0 radical (unpaired) electrons. The fraction of sp³-hybridized carbons (Fsp3) is 0.393. The van der Waals surface area contributed by atoms with Crippen LogP contribution < -0.4 is 0 Å². The van der Waals surface area contributed by atoms with Crippen LogP contribution in [-0.4, -0.2) is 62.1 Å². The van der Waals surface area contributed by atoms with Gasteiger partial charge in [0.05, 0.1) is 23.8 Å². The van der Waals surface area contributed by atoms with Gasteiger partial charge in [0.15, 0.2) is 11.5 Å². The molecule has 6 rings (SSSR count). The molecule has 3 aromatic heterocycles. The van der Waals surface area contributed by atoms with E-state index in [2.05, 4.69) is 14.5 Å². The number of furan rings is 1. The second kappa shape index (κ2) is 9.70. The number of fused-ring (bicyclic) bond motifs is 1. The highest BCUT2D eigenvalue weighted by Gasteiger charge is 2.45. The quantitative estimate of drug-likeness (QED) is 0.382. The van der Waals surface area contributed by atoms with Crippen molar-refractivity contribution in [1.82, 2.24) is 24.3 Å². The summed E-state index contributed by atoms with van der Waals surface area (Å²) in [7, 11) is 0. The number of carbonyl (C=O) groups is 1. The molecular formula is C28H29F2N5O2. The van der Waals surface area contributed by atoms with E-state index >= 15 is 4.39 Å². The minimum absolute atomic E-state index is 0.0437. The van der Waals surface area contributed by atoms with Crippen LogP contribution >= 0.6 is 0 Å². The van der Waals surface area contributed by atoms with Crippen molar-refractivity contribution in [2.24, 2.45) is 0 Å². The van der Waals surface area contributed by atoms with Crippen molar-refractivity contribution in [3.05, 3.63) is 72.6 Å². The number of imidazole rings is 1. The first-order valence-electron chi connectivity index (χ1n) is 12.8. The van der Waals surface area contributed by atoms with Gasteiger partial charge in [0, 0.05) is 57.3 Å². The Balaban J connectivity index is 1.15. The monoisotopic (exact) mass is 505 g/mol. The van der Waals surface area contributed by atoms with Crippen LogP contribution in [0.4, 0.5) is 8.78 Å². The van der Waals surface area contributed by atoms with Crippen LogP contribution in [0.15, 0.2) is 65.4 Å². The zero-order valence-corrected chi connectivity index (χ0v) is 20.5. The van der Waals surface area contributed by atoms with Gasteiger partial charge < -0.3 is 13.9 Å². The highest BCUT2D eigenvalue weighted by Crippen LogP contribution is 2.35. The normalized spacial score (nSPS) is 18.9. The van der Waals surface area contributed by atoms with Gasteiger partial charge in [-0.05, 0) is 49.2 Å². The molecule has 2 aliphatic heterocycles. The number of nitrogens with zero attached hydrogens (tertiary/aromatic N) is 5. The molecule has 0 saturated carbocycles. The first-order valence-corrected chi connectivity index (χ1v) is 12.8. The molecule has 1 aromatic carbocycles. The number of amides is 1. The zero-order chi connectivity index (χ0) is 25.4. The molecule has 0 bridgehead atoms. The van der Waals surface area contributed by atoms with Crippen molar-refractivity contribution in [2.75, 3.05) is 26.2 Å². The molecule has 5 heterocycles. The second-order valence-electron chi connectivity index (χ2n) is 10.00. The van der Waals surface area contributed by atoms with E-state index in [0.717, 1.165) is 11.3 Å². The molecule has 0 unspecified atom stereocenters. The van der Waals surface area contributed by atoms with E-state index in [1.54, 1.807) is 23.4 Å². The molecule has 4 aromatic rings. The Labute approximate surface area is 213 Å². The topological polar surface area (TPSA) is 67.4 Å². The Bertz CT molecular complexity index is 1370. The van der Waals surface area contributed by atoms with E-state index in [1.165, 1.54) is 12.1 Å². The fourth-order valence-corrected chi connectivity index (χ4v) is 5.63. The average molecular weight is 506 g/mol. The number of piperidine rings is 2. The maximum atomic E-state index is 15.8. The minimum Gasteiger partial charge on any atom is -0.468 e. The van der Waals surface area contributed by atoms with E-state index in [-0.39, 0.29) is 24.7 Å². The Kier molecular flexibility index (Phi) is 6.24. The molecule has 1 amide bonds. The standard InChI is InChI=1S/C28H29F2N5O2/c29-20-6-7-25-24(18-20)32-26(23-5-1-2-12-31-23)35(25)21-8-13-34(14-9-21)27(36)28(30)10-15-33(16-11-28)19-22-4-3-17-37-22/h1-7,12,17-18,21H,8-11,13-16,19H2. The summed E-state index contributed by atoms with van der Waals surface area (Å²) in [6.45, 7) is 2.60. The molecule has 9 heteroatoms. The van der Waals surface area contributed by atoms with Crippen LogP contribution in [0.3, 0.4) is 0 Å². The first kappa shape index (κ1) is 23.8. The lowest BCUT2D eigenvalue weighted by Crippen LogP contribution is -2.53. The summed E-state index contributed by atoms with van der Waals surface area (Å²) in [6.07, 6.45) is 5.05. The zero-order valence-electron chi connectivity index (χ0n) is 20.5. The van der Waals surface area contributed by atoms with Crippen molar-refractivity contribution in [3.8, 4) is 11.5 Å². The van der Waals surface area contributed by atoms with Crippen molar-refractivity contribution in [2.45, 2.75) is 43.9 Å². The number of likely N-dealkylation sites (tertiary alicyclic amines) is 2. The third-order valence-corrected chi connectivity index (χ3v) is 7.65. The summed E-state index contributed by atoms with van der Waals surface area (Å²) in [6, 6.07) is 14.0. The average Bonchev–Trinajstić information content (AvgIpc) is 3.58. The van der Waals surface area contributed by atoms with Gasteiger partial charge in [-0.15, -0.1) is 0 Å². The van der Waals surface area contributed by atoms with E-state index < -0.39 is 11.6 Å². The van der Waals surface area contributed by atoms with Crippen LogP contribution in [0.2, 0.25) is 0 Å². The third-order valence-electron chi connectivity index (χ3n) is 7.65. The van der Waals surface area contributed by atoms with Gasteiger partial charge in [-0.3, -0.25) is 14.7 Å². The summed E-state index contributed by atoms with van der Waals surface area (Å²) in [5.74, 6) is 0.788. The highest BCUT2D eigenvalue weighted by atomic mass is 19.1. The van der Waals surface area contributed by atoms with Gasteiger partial charge >= 0.3 is 0 Å². The number of carbonyl (C=O) groups excluding carboxylic acids is 1. The predicted octanol–water partition coefficient (Wildman–Crippen LogP) is 5.00. The number of alkyl halides is 1. The fourth-order valence-electron chi connectivity index (χ4n) is 5.63. The number of aromatic nitrogens is 3. The first-order chi connectivity index (χ1) is 18.0. The summed E-state index contributed by atoms with van der Waals surface area (Å²) < 4.78 is 37.3. The number of pyridine rings is 1. The van der Waals surface area contributed by atoms with Crippen molar-refractivity contribution < 1.29 is 18.0 Å². The van der Waals surface area contributed by atoms with Gasteiger partial charge in [-0.1, -0.05) is 6.07 Å². The molecule has 37 heavy (non-hydrogen) atoms. The van der Waals surface area contributed by atoms with Crippen molar-refractivity contribution in [3.63, 3.8) is 0 Å². The van der Waals surface area contributed by atoms with Crippen LogP contribution in [0, 0.1) is 5.82 Å². The molecule has 0 atom stereocenters. The number of halogens is 2. The lowest BCUT2D eigenvalue weighted by Gasteiger charge is -2.40. The van der Waals surface area contributed by atoms with Gasteiger partial charge in [-0.25, -0.2) is 13.8 Å². The van der Waals surface area contributed by atoms with Crippen molar-refractivity contribution >= 4 is 16.9 Å². The van der Waals surface area contributed by atoms with E-state index in [1.807, 2.05) is 30.3 Å². The van der Waals surface area contributed by atoms with Crippen LogP contribution in [0.25, 0.3) is 22.6 Å². The third kappa shape index (κ3) is 4.64. The Morgan fingerprint density at radius 2 is 1.86 bits per heavy atom. The maximum absolute atomic E-state index is 15.8. The molecule has 0 aliphatic carbocycles. The molecule has 2 aliphatic rings. The largest absolute Gasteiger partial charge is 0.468 e. The number of hydrogen-bond acceptors (Lipinski definition) is 5. The summed E-state index contributed by atoms with van der Waals surface area (Å²) in [4.78, 5) is 26.2. The van der Waals surface area contributed by atoms with Crippen molar-refractivity contribution in [1.29, 1.82) is 0 Å². The Morgan fingerprint density at radius 1 is 1.05 bits per heavy atom. The molecule has 0 N–H and O–H groups in total. The summed E-state index contributed by atoms with van der Waals surface area (Å²) in [5.41, 5.74) is 0.285. The molecular weight excluding hydrogens is 476 g/mol. The van der Waals surface area contributed by atoms with Crippen LogP contribution in [0.5, 0.6) is 0 Å². The smallest absolute Gasteiger partial charge is 0.260 e. The van der Waals surface area contributed by atoms with Crippen LogP contribution in [-0.2, 0) is 11.3 Å². The number of rotatable bonds is 5. The minimum atomic E-state index is -1.83. The van der Waals surface area contributed by atoms with Gasteiger partial charge in [0.25, 0.3) is 5.91 Å². The van der Waals surface area contributed by atoms with Crippen LogP contribution in [0.1, 0.15) is 37.5 Å². The van der Waals surface area contributed by atoms with Gasteiger partial charge in [0.2, 0.25) is 0 Å². The lowest BCUT2D eigenvalue weighted by molar-refractivity contribution is -0.149. The number of benzene rings is 1. The summed E-state index contributed by atoms with van der Waals surface area (Å²) in [5, 5.41) is 0. The molecule has 2 fully saturated rings. The van der Waals surface area contributed by atoms with Gasteiger partial charge in [-0.2, -0.15) is 0 Å². The van der Waals surface area contributed by atoms with E-state index in [4.69, 9.17) is 9.40 Å². The maximum Gasteiger partial charge on any atom is 0.260 e. The number of hydrogen-bond donors (Lipinski definition) is 0. The van der Waals surface area contributed by atoms with Gasteiger partial charge in [0.1, 0.15) is 17.3 Å². The Hall–Kier alpha value is -3.59. The van der Waals surface area contributed by atoms with E-state index in [0.29, 0.717) is 62.6 Å². The summed E-state index contributed by atoms with van der Waals surface area (Å²) >= 11 is 0. The molecule has 0 spiro atoms. The molecule has 7 nitrogen and oxygen atoms in total. The second-order valence-corrected chi connectivity index (χ2v) is 10.00. The Morgan fingerprint density at radius 3 is 2.57 bits per heavy atom. The highest BCUT2D eigenvalue weighted by molar-refractivity contribution is 5.85. The molecule has 192 valence electrons. The molecule has 2 saturated heterocycles.